The van der Waals surface area contributed by atoms with Crippen LogP contribution in [0.25, 0.3) is 110 Å². The molecule has 0 fully saturated rings. The summed E-state index contributed by atoms with van der Waals surface area (Å²) in [5, 5.41) is 9.95. The Kier molecular flexibility index (Phi) is 7.04. The molecule has 272 valence electrons. The smallest absolute Gasteiger partial charge is 0.135 e. The highest BCUT2D eigenvalue weighted by atomic mass is 16.3. The van der Waals surface area contributed by atoms with Gasteiger partial charge in [0.25, 0.3) is 0 Å². The van der Waals surface area contributed by atoms with Crippen LogP contribution >= 0.6 is 0 Å². The SMILES string of the molecule is CC1(C)c2c(-c3ccc(-c4c5ccccc5c(-c5cccc(-c6ccc7oc8ccccc8c7c6)c5)c5ccccc45)cc3)cccc2-c2ccc3ccccc3c21. The topological polar surface area (TPSA) is 13.1 Å². The number of fused-ring (bicyclic) bond motifs is 10. The van der Waals surface area contributed by atoms with Crippen molar-refractivity contribution in [3.05, 3.63) is 205 Å². The van der Waals surface area contributed by atoms with Gasteiger partial charge in [0.2, 0.25) is 0 Å². The van der Waals surface area contributed by atoms with E-state index in [0.717, 1.165) is 21.9 Å². The summed E-state index contributed by atoms with van der Waals surface area (Å²) in [6, 6.07) is 71.4. The van der Waals surface area contributed by atoms with E-state index in [1.165, 1.54) is 99.1 Å². The monoisotopic (exact) mass is 738 g/mol. The van der Waals surface area contributed by atoms with Crippen molar-refractivity contribution in [3.8, 4) is 55.6 Å². The van der Waals surface area contributed by atoms with Crippen molar-refractivity contribution in [2.45, 2.75) is 19.3 Å². The van der Waals surface area contributed by atoms with Gasteiger partial charge in [0.15, 0.2) is 0 Å². The molecule has 1 aliphatic carbocycles. The average Bonchev–Trinajstić information content (AvgIpc) is 3.77. The molecule has 1 heteroatoms. The minimum absolute atomic E-state index is 0.138. The molecule has 0 atom stereocenters. The molecule has 0 aliphatic heterocycles. The van der Waals surface area contributed by atoms with E-state index < -0.39 is 0 Å². The van der Waals surface area contributed by atoms with Crippen LogP contribution in [-0.4, -0.2) is 0 Å². The van der Waals surface area contributed by atoms with Crippen molar-refractivity contribution in [2.24, 2.45) is 0 Å². The van der Waals surface area contributed by atoms with E-state index in [1.807, 2.05) is 12.1 Å². The van der Waals surface area contributed by atoms with Crippen molar-refractivity contribution in [1.82, 2.24) is 0 Å². The summed E-state index contributed by atoms with van der Waals surface area (Å²) < 4.78 is 6.16. The van der Waals surface area contributed by atoms with Gasteiger partial charge in [0.05, 0.1) is 0 Å². The second-order valence-corrected chi connectivity index (χ2v) is 16.4. The third-order valence-corrected chi connectivity index (χ3v) is 12.8. The predicted octanol–water partition coefficient (Wildman–Crippen LogP) is 16.0. The van der Waals surface area contributed by atoms with Crippen molar-refractivity contribution >= 4 is 54.3 Å². The van der Waals surface area contributed by atoms with Gasteiger partial charge < -0.3 is 4.42 Å². The lowest BCUT2D eigenvalue weighted by Gasteiger charge is -2.26. The molecule has 1 nitrogen and oxygen atoms in total. The van der Waals surface area contributed by atoms with E-state index in [2.05, 4.69) is 196 Å². The van der Waals surface area contributed by atoms with Gasteiger partial charge in [0, 0.05) is 16.2 Å². The largest absolute Gasteiger partial charge is 0.456 e. The Morgan fingerprint density at radius 3 is 1.57 bits per heavy atom. The fourth-order valence-corrected chi connectivity index (χ4v) is 10.3. The maximum absolute atomic E-state index is 6.16. The summed E-state index contributed by atoms with van der Waals surface area (Å²) in [6.07, 6.45) is 0. The lowest BCUT2D eigenvalue weighted by Crippen LogP contribution is -2.16. The van der Waals surface area contributed by atoms with Gasteiger partial charge in [-0.25, -0.2) is 0 Å². The summed E-state index contributed by atoms with van der Waals surface area (Å²) in [5.41, 5.74) is 17.1. The zero-order chi connectivity index (χ0) is 38.5. The summed E-state index contributed by atoms with van der Waals surface area (Å²) in [4.78, 5) is 0. The van der Waals surface area contributed by atoms with Crippen molar-refractivity contribution in [3.63, 3.8) is 0 Å². The number of hydrogen-bond acceptors (Lipinski definition) is 1. The molecule has 0 bridgehead atoms. The maximum Gasteiger partial charge on any atom is 0.135 e. The fourth-order valence-electron chi connectivity index (χ4n) is 10.3. The number of hydrogen-bond donors (Lipinski definition) is 0. The molecule has 0 N–H and O–H groups in total. The van der Waals surface area contributed by atoms with Gasteiger partial charge in [-0.15, -0.1) is 0 Å². The van der Waals surface area contributed by atoms with Gasteiger partial charge in [0.1, 0.15) is 11.2 Å². The van der Waals surface area contributed by atoms with E-state index >= 15 is 0 Å². The lowest BCUT2D eigenvalue weighted by atomic mass is 9.77. The molecule has 0 spiro atoms. The van der Waals surface area contributed by atoms with Crippen molar-refractivity contribution in [1.29, 1.82) is 0 Å². The van der Waals surface area contributed by atoms with Crippen LogP contribution in [0.15, 0.2) is 199 Å². The molecule has 12 rings (SSSR count). The second kappa shape index (κ2) is 12.4. The molecule has 0 saturated carbocycles. The van der Waals surface area contributed by atoms with Crippen LogP contribution < -0.4 is 0 Å². The second-order valence-electron chi connectivity index (χ2n) is 16.4. The highest BCUT2D eigenvalue weighted by molar-refractivity contribution is 6.21. The van der Waals surface area contributed by atoms with Gasteiger partial charge in [-0.1, -0.05) is 184 Å². The quantitative estimate of drug-likeness (QED) is 0.164. The molecular formula is C57H38O. The standard InChI is InChI=1S/C57H38O/c1-57(2)55-42(22-12-23-48(55)49-31-29-35-13-3-4-16-41(35)56(49)57)36-25-27-37(28-26-36)53-44-18-5-7-20-46(44)54(47-21-8-6-19-45(47)53)40-15-11-14-38(33-40)39-30-32-52-50(34-39)43-17-9-10-24-51(43)58-52/h3-34H,1-2H3. The van der Waals surface area contributed by atoms with Crippen LogP contribution in [0.4, 0.5) is 0 Å². The third kappa shape index (κ3) is 4.77. The van der Waals surface area contributed by atoms with Crippen molar-refractivity contribution < 1.29 is 4.42 Å². The van der Waals surface area contributed by atoms with Crippen LogP contribution in [0, 0.1) is 0 Å². The van der Waals surface area contributed by atoms with Gasteiger partial charge in [-0.05, 0) is 123 Å². The lowest BCUT2D eigenvalue weighted by molar-refractivity contribution is 0.668. The first-order chi connectivity index (χ1) is 28.5. The first-order valence-electron chi connectivity index (χ1n) is 20.3. The average molecular weight is 739 g/mol. The maximum atomic E-state index is 6.16. The van der Waals surface area contributed by atoms with Gasteiger partial charge in [-0.3, -0.25) is 0 Å². The number of furan rings is 1. The minimum atomic E-state index is -0.138. The number of benzene rings is 10. The van der Waals surface area contributed by atoms with E-state index in [0.29, 0.717) is 0 Å². The van der Waals surface area contributed by atoms with E-state index in [9.17, 15) is 0 Å². The van der Waals surface area contributed by atoms with E-state index in [1.54, 1.807) is 0 Å². The van der Waals surface area contributed by atoms with Crippen LogP contribution in [0.5, 0.6) is 0 Å². The first-order valence-corrected chi connectivity index (χ1v) is 20.3. The predicted molar refractivity (Wildman–Crippen MR) is 246 cm³/mol. The van der Waals surface area contributed by atoms with Gasteiger partial charge in [-0.2, -0.15) is 0 Å². The fraction of sp³-hybridized carbons (Fsp3) is 0.0526. The summed E-state index contributed by atoms with van der Waals surface area (Å²) in [6.45, 7) is 4.80. The minimum Gasteiger partial charge on any atom is -0.456 e. The molecule has 1 heterocycles. The molecule has 0 amide bonds. The Labute approximate surface area is 337 Å². The molecular weight excluding hydrogens is 701 g/mol. The third-order valence-electron chi connectivity index (χ3n) is 12.8. The molecule has 10 aromatic carbocycles. The summed E-state index contributed by atoms with van der Waals surface area (Å²) in [7, 11) is 0. The number of para-hydroxylation sites is 1. The summed E-state index contributed by atoms with van der Waals surface area (Å²) in [5.74, 6) is 0. The number of rotatable bonds is 4. The summed E-state index contributed by atoms with van der Waals surface area (Å²) >= 11 is 0. The molecule has 58 heavy (non-hydrogen) atoms. The Bertz CT molecular complexity index is 3410. The Balaban J connectivity index is 0.985. The van der Waals surface area contributed by atoms with Crippen LogP contribution in [0.1, 0.15) is 25.0 Å². The highest BCUT2D eigenvalue weighted by Crippen LogP contribution is 2.54. The van der Waals surface area contributed by atoms with Crippen LogP contribution in [0.3, 0.4) is 0 Å². The normalized spacial score (nSPS) is 13.1. The first kappa shape index (κ1) is 33.0. The van der Waals surface area contributed by atoms with Crippen molar-refractivity contribution in [2.75, 3.05) is 0 Å². The Morgan fingerprint density at radius 1 is 0.310 bits per heavy atom. The highest BCUT2D eigenvalue weighted by Gasteiger charge is 2.38. The molecule has 1 aliphatic rings. The zero-order valence-electron chi connectivity index (χ0n) is 32.4. The zero-order valence-corrected chi connectivity index (χ0v) is 32.4. The molecule has 0 saturated heterocycles. The Hall–Kier alpha value is -7.22. The van der Waals surface area contributed by atoms with Gasteiger partial charge >= 0.3 is 0 Å². The Morgan fingerprint density at radius 2 is 0.828 bits per heavy atom. The molecule has 11 aromatic rings. The van der Waals surface area contributed by atoms with Crippen LogP contribution in [0.2, 0.25) is 0 Å². The molecule has 1 aromatic heterocycles. The van der Waals surface area contributed by atoms with Crippen LogP contribution in [-0.2, 0) is 5.41 Å². The molecule has 0 unspecified atom stereocenters. The van der Waals surface area contributed by atoms with E-state index in [4.69, 9.17) is 4.42 Å². The molecule has 0 radical (unpaired) electrons. The van der Waals surface area contributed by atoms with E-state index in [-0.39, 0.29) is 5.41 Å².